The van der Waals surface area contributed by atoms with E-state index in [-0.39, 0.29) is 6.04 Å². The Morgan fingerprint density at radius 2 is 2.00 bits per heavy atom. The van der Waals surface area contributed by atoms with Gasteiger partial charge >= 0.3 is 6.09 Å². The number of carbonyl (C=O) groups excluding carboxylic acids is 1. The van der Waals surface area contributed by atoms with Gasteiger partial charge < -0.3 is 10.1 Å². The second-order valence-corrected chi connectivity index (χ2v) is 5.25. The minimum Gasteiger partial charge on any atom is -0.444 e. The topological polar surface area (TPSA) is 38.3 Å². The van der Waals surface area contributed by atoms with Crippen LogP contribution in [0.4, 0.5) is 4.79 Å². The van der Waals surface area contributed by atoms with Gasteiger partial charge in [-0.25, -0.2) is 4.79 Å². The molecule has 0 bridgehead atoms. The molecule has 3 nitrogen and oxygen atoms in total. The van der Waals surface area contributed by atoms with Crippen LogP contribution in [0.1, 0.15) is 40.5 Å². The van der Waals surface area contributed by atoms with Gasteiger partial charge in [0.25, 0.3) is 0 Å². The predicted octanol–water partition coefficient (Wildman–Crippen LogP) is 3.67. The summed E-state index contributed by atoms with van der Waals surface area (Å²) in [4.78, 5) is 11.6. The van der Waals surface area contributed by atoms with E-state index in [1.807, 2.05) is 26.8 Å². The first-order valence-electron chi connectivity index (χ1n) is 6.03. The van der Waals surface area contributed by atoms with Crippen LogP contribution in [-0.2, 0) is 4.74 Å². The first-order valence-corrected chi connectivity index (χ1v) is 6.03. The first kappa shape index (κ1) is 15.8. The maximum atomic E-state index is 11.6. The second kappa shape index (κ2) is 7.15. The second-order valence-electron chi connectivity index (χ2n) is 5.25. The Morgan fingerprint density at radius 3 is 2.41 bits per heavy atom. The van der Waals surface area contributed by atoms with Gasteiger partial charge in [0.1, 0.15) is 5.60 Å². The number of hydrogen-bond acceptors (Lipinski definition) is 2. The van der Waals surface area contributed by atoms with E-state index in [0.717, 1.165) is 12.8 Å². The molecule has 0 heterocycles. The normalized spacial score (nSPS) is 14.6. The van der Waals surface area contributed by atoms with Crippen LogP contribution in [0.3, 0.4) is 0 Å². The van der Waals surface area contributed by atoms with Gasteiger partial charge in [0, 0.05) is 0 Å². The van der Waals surface area contributed by atoms with Gasteiger partial charge in [-0.3, -0.25) is 0 Å². The molecule has 1 amide bonds. The number of nitrogens with one attached hydrogen (secondary N) is 1. The minimum atomic E-state index is -0.472. The third kappa shape index (κ3) is 7.61. The molecule has 0 aliphatic rings. The Bertz CT molecular complexity index is 266. The summed E-state index contributed by atoms with van der Waals surface area (Å²) in [5, 5.41) is 2.82. The molecule has 98 valence electrons. The van der Waals surface area contributed by atoms with Crippen LogP contribution in [0.15, 0.2) is 25.3 Å². The van der Waals surface area contributed by atoms with Crippen LogP contribution in [0.5, 0.6) is 0 Å². The molecule has 17 heavy (non-hydrogen) atoms. The van der Waals surface area contributed by atoms with Gasteiger partial charge in [-0.2, -0.15) is 0 Å². The number of alkyl carbamates (subject to hydrolysis) is 1. The molecular weight excluding hydrogens is 214 g/mol. The highest BCUT2D eigenvalue weighted by Gasteiger charge is 2.20. The first-order chi connectivity index (χ1) is 7.80. The van der Waals surface area contributed by atoms with Crippen LogP contribution < -0.4 is 5.32 Å². The summed E-state index contributed by atoms with van der Waals surface area (Å²) < 4.78 is 5.21. The third-order valence-corrected chi connectivity index (χ3v) is 2.38. The largest absolute Gasteiger partial charge is 0.444 e. The lowest BCUT2D eigenvalue weighted by atomic mass is 9.97. The van der Waals surface area contributed by atoms with Gasteiger partial charge in [0.15, 0.2) is 0 Å². The molecule has 0 fully saturated rings. The molecule has 0 aromatic rings. The fraction of sp³-hybridized carbons (Fsp3) is 0.643. The number of amides is 1. The zero-order valence-corrected chi connectivity index (χ0v) is 11.5. The lowest BCUT2D eigenvalue weighted by molar-refractivity contribution is 0.0501. The fourth-order valence-electron chi connectivity index (χ4n) is 1.44. The Hall–Kier alpha value is -1.25. The van der Waals surface area contributed by atoms with Crippen LogP contribution in [0.2, 0.25) is 0 Å². The number of hydrogen-bond donors (Lipinski definition) is 1. The molecule has 0 aliphatic carbocycles. The lowest BCUT2D eigenvalue weighted by Crippen LogP contribution is -2.41. The zero-order valence-electron chi connectivity index (χ0n) is 11.5. The van der Waals surface area contributed by atoms with Crippen molar-refractivity contribution in [3.63, 3.8) is 0 Å². The van der Waals surface area contributed by atoms with Gasteiger partial charge in [0.05, 0.1) is 6.04 Å². The summed E-state index contributed by atoms with van der Waals surface area (Å²) in [5.41, 5.74) is -0.472. The number of allylic oxidation sites excluding steroid dienone is 1. The van der Waals surface area contributed by atoms with Crippen molar-refractivity contribution in [3.05, 3.63) is 25.3 Å². The van der Waals surface area contributed by atoms with E-state index in [0.29, 0.717) is 5.92 Å². The Morgan fingerprint density at radius 1 is 1.41 bits per heavy atom. The summed E-state index contributed by atoms with van der Waals surface area (Å²) in [7, 11) is 0. The van der Waals surface area contributed by atoms with Crippen molar-refractivity contribution in [1.82, 2.24) is 5.32 Å². The molecule has 0 saturated heterocycles. The van der Waals surface area contributed by atoms with E-state index in [1.165, 1.54) is 0 Å². The zero-order chi connectivity index (χ0) is 13.5. The molecule has 0 saturated carbocycles. The van der Waals surface area contributed by atoms with Gasteiger partial charge in [-0.1, -0.05) is 19.1 Å². The van der Waals surface area contributed by atoms with E-state index < -0.39 is 11.7 Å². The standard InChI is InChI=1S/C14H25NO2/c1-7-9-10-11(3)12(8-2)15-13(16)17-14(4,5)6/h7-8,11-12H,1-2,9-10H2,3-6H3,(H,15,16). The summed E-state index contributed by atoms with van der Waals surface area (Å²) in [5.74, 6) is 0.318. The molecule has 0 rings (SSSR count). The van der Waals surface area contributed by atoms with Crippen LogP contribution in [0, 0.1) is 5.92 Å². The quantitative estimate of drug-likeness (QED) is 0.718. The molecule has 0 spiro atoms. The van der Waals surface area contributed by atoms with Crippen molar-refractivity contribution in [2.24, 2.45) is 5.92 Å². The number of ether oxygens (including phenoxy) is 1. The number of rotatable bonds is 6. The van der Waals surface area contributed by atoms with E-state index >= 15 is 0 Å². The average Bonchev–Trinajstić information content (AvgIpc) is 2.19. The molecule has 2 unspecified atom stereocenters. The van der Waals surface area contributed by atoms with Crippen molar-refractivity contribution < 1.29 is 9.53 Å². The molecule has 2 atom stereocenters. The van der Waals surface area contributed by atoms with E-state index in [1.54, 1.807) is 6.08 Å². The summed E-state index contributed by atoms with van der Waals surface area (Å²) in [6.07, 6.45) is 5.13. The molecule has 0 radical (unpaired) electrons. The number of carbonyl (C=O) groups is 1. The van der Waals surface area contributed by atoms with Gasteiger partial charge in [-0.05, 0) is 39.5 Å². The molecule has 0 aromatic heterocycles. The smallest absolute Gasteiger partial charge is 0.408 e. The van der Waals surface area contributed by atoms with Crippen LogP contribution in [0.25, 0.3) is 0 Å². The monoisotopic (exact) mass is 239 g/mol. The molecule has 0 aromatic carbocycles. The van der Waals surface area contributed by atoms with Crippen molar-refractivity contribution in [2.75, 3.05) is 0 Å². The minimum absolute atomic E-state index is 0.0650. The van der Waals surface area contributed by atoms with Gasteiger partial charge in [-0.15, -0.1) is 13.2 Å². The highest BCUT2D eigenvalue weighted by molar-refractivity contribution is 5.68. The van der Waals surface area contributed by atoms with Crippen LogP contribution in [-0.4, -0.2) is 17.7 Å². The summed E-state index contributed by atoms with van der Waals surface area (Å²) in [6, 6.07) is -0.0650. The molecular formula is C14H25NO2. The Balaban J connectivity index is 4.25. The summed E-state index contributed by atoms with van der Waals surface area (Å²) >= 11 is 0. The average molecular weight is 239 g/mol. The third-order valence-electron chi connectivity index (χ3n) is 2.38. The van der Waals surface area contributed by atoms with Crippen molar-refractivity contribution in [2.45, 2.75) is 52.2 Å². The van der Waals surface area contributed by atoms with E-state index in [2.05, 4.69) is 25.4 Å². The maximum absolute atomic E-state index is 11.6. The van der Waals surface area contributed by atoms with Crippen molar-refractivity contribution in [3.8, 4) is 0 Å². The molecule has 3 heteroatoms. The molecule has 0 aliphatic heterocycles. The predicted molar refractivity (Wildman–Crippen MR) is 71.9 cm³/mol. The van der Waals surface area contributed by atoms with Crippen molar-refractivity contribution in [1.29, 1.82) is 0 Å². The Labute approximate surface area is 105 Å². The maximum Gasteiger partial charge on any atom is 0.408 e. The highest BCUT2D eigenvalue weighted by Crippen LogP contribution is 2.13. The lowest BCUT2D eigenvalue weighted by Gasteiger charge is -2.25. The Kier molecular flexibility index (Phi) is 6.62. The summed E-state index contributed by atoms with van der Waals surface area (Å²) in [6.45, 7) is 15.0. The van der Waals surface area contributed by atoms with E-state index in [9.17, 15) is 4.79 Å². The van der Waals surface area contributed by atoms with Gasteiger partial charge in [0.2, 0.25) is 0 Å². The van der Waals surface area contributed by atoms with Crippen LogP contribution >= 0.6 is 0 Å². The SMILES string of the molecule is C=CCCC(C)C(C=C)NC(=O)OC(C)(C)C. The molecule has 1 N–H and O–H groups in total. The van der Waals surface area contributed by atoms with Crippen molar-refractivity contribution >= 4 is 6.09 Å². The fourth-order valence-corrected chi connectivity index (χ4v) is 1.44. The van der Waals surface area contributed by atoms with E-state index in [4.69, 9.17) is 4.74 Å². The highest BCUT2D eigenvalue weighted by atomic mass is 16.6.